The minimum absolute atomic E-state index is 0.256. The van der Waals surface area contributed by atoms with Crippen LogP contribution in [0.2, 0.25) is 0 Å². The van der Waals surface area contributed by atoms with Gasteiger partial charge < -0.3 is 4.90 Å². The van der Waals surface area contributed by atoms with Crippen molar-refractivity contribution < 1.29 is 4.79 Å². The first kappa shape index (κ1) is 14.3. The van der Waals surface area contributed by atoms with Crippen molar-refractivity contribution in [3.8, 4) is 0 Å². The van der Waals surface area contributed by atoms with Crippen LogP contribution in [0.1, 0.15) is 44.0 Å². The third-order valence-corrected chi connectivity index (χ3v) is 4.01. The molecule has 2 nitrogen and oxygen atoms in total. The third-order valence-electron chi connectivity index (χ3n) is 4.01. The molecular weight excluding hydrogens is 234 g/mol. The number of carbonyl (C=O) groups excluding carboxylic acids is 1. The lowest BCUT2D eigenvalue weighted by atomic mass is 9.83. The van der Waals surface area contributed by atoms with E-state index in [0.717, 1.165) is 31.1 Å². The number of likely N-dealkylation sites (tertiary alicyclic amines) is 1. The largest absolute Gasteiger partial charge is 0.302 e. The van der Waals surface area contributed by atoms with Gasteiger partial charge in [-0.3, -0.25) is 4.79 Å². The number of nitrogens with zero attached hydrogens (tertiary/aromatic N) is 1. The number of rotatable bonds is 4. The van der Waals surface area contributed by atoms with Crippen molar-refractivity contribution in [2.45, 2.75) is 33.6 Å². The molecule has 104 valence electrons. The van der Waals surface area contributed by atoms with Gasteiger partial charge in [-0.15, -0.1) is 0 Å². The van der Waals surface area contributed by atoms with Gasteiger partial charge in [0.05, 0.1) is 0 Å². The third kappa shape index (κ3) is 3.66. The highest BCUT2D eigenvalue weighted by Crippen LogP contribution is 2.26. The van der Waals surface area contributed by atoms with Crippen molar-refractivity contribution in [2.75, 3.05) is 19.6 Å². The molecule has 0 saturated carbocycles. The second-order valence-electron chi connectivity index (χ2n) is 6.56. The molecule has 1 aliphatic rings. The van der Waals surface area contributed by atoms with Gasteiger partial charge in [0, 0.05) is 24.1 Å². The van der Waals surface area contributed by atoms with Gasteiger partial charge in [-0.25, -0.2) is 0 Å². The Morgan fingerprint density at radius 1 is 1.32 bits per heavy atom. The minimum Gasteiger partial charge on any atom is -0.302 e. The van der Waals surface area contributed by atoms with Crippen LogP contribution in [0.5, 0.6) is 0 Å². The molecule has 0 aliphatic carbocycles. The van der Waals surface area contributed by atoms with Crippen molar-refractivity contribution in [1.29, 1.82) is 0 Å². The summed E-state index contributed by atoms with van der Waals surface area (Å²) in [7, 11) is 0. The number of hydrogen-bond acceptors (Lipinski definition) is 2. The molecule has 19 heavy (non-hydrogen) atoms. The van der Waals surface area contributed by atoms with Crippen molar-refractivity contribution in [2.24, 2.45) is 11.3 Å². The normalized spacial score (nSPS) is 21.3. The average molecular weight is 259 g/mol. The van der Waals surface area contributed by atoms with E-state index in [1.165, 1.54) is 12.8 Å². The molecule has 2 rings (SSSR count). The van der Waals surface area contributed by atoms with Gasteiger partial charge >= 0.3 is 0 Å². The molecule has 0 bridgehead atoms. The van der Waals surface area contributed by atoms with Gasteiger partial charge in [-0.2, -0.15) is 0 Å². The highest BCUT2D eigenvalue weighted by atomic mass is 16.1. The summed E-state index contributed by atoms with van der Waals surface area (Å²) >= 11 is 0. The van der Waals surface area contributed by atoms with Crippen LogP contribution in [-0.2, 0) is 0 Å². The molecule has 0 aromatic heterocycles. The van der Waals surface area contributed by atoms with Gasteiger partial charge in [-0.05, 0) is 25.3 Å². The minimum atomic E-state index is -0.307. The van der Waals surface area contributed by atoms with E-state index in [1.807, 2.05) is 30.3 Å². The highest BCUT2D eigenvalue weighted by molar-refractivity contribution is 6.00. The first-order valence-electron chi connectivity index (χ1n) is 7.31. The number of carbonyl (C=O) groups is 1. The fraction of sp³-hybridized carbons (Fsp3) is 0.588. The first-order chi connectivity index (χ1) is 8.99. The van der Waals surface area contributed by atoms with E-state index >= 15 is 0 Å². The second kappa shape index (κ2) is 5.87. The Balaban J connectivity index is 2.03. The van der Waals surface area contributed by atoms with Crippen molar-refractivity contribution in [3.05, 3.63) is 35.9 Å². The zero-order valence-electron chi connectivity index (χ0n) is 12.4. The van der Waals surface area contributed by atoms with E-state index in [9.17, 15) is 4.79 Å². The summed E-state index contributed by atoms with van der Waals surface area (Å²) in [6, 6.07) is 9.67. The van der Waals surface area contributed by atoms with Gasteiger partial charge in [0.15, 0.2) is 5.78 Å². The van der Waals surface area contributed by atoms with Gasteiger partial charge in [0.25, 0.3) is 0 Å². The highest BCUT2D eigenvalue weighted by Gasteiger charge is 2.31. The maximum absolute atomic E-state index is 12.6. The SMILES string of the molecule is CC1CCCN(CC(C)(C)C(=O)c2ccccc2)C1. The molecule has 0 spiro atoms. The van der Waals surface area contributed by atoms with E-state index in [0.29, 0.717) is 0 Å². The predicted octanol–water partition coefficient (Wildman–Crippen LogP) is 3.63. The molecular formula is C17H25NO. The van der Waals surface area contributed by atoms with Crippen LogP contribution >= 0.6 is 0 Å². The first-order valence-corrected chi connectivity index (χ1v) is 7.31. The van der Waals surface area contributed by atoms with E-state index in [4.69, 9.17) is 0 Å². The van der Waals surface area contributed by atoms with Crippen molar-refractivity contribution in [3.63, 3.8) is 0 Å². The molecule has 0 N–H and O–H groups in total. The molecule has 1 unspecified atom stereocenters. The molecule has 0 radical (unpaired) electrons. The molecule has 1 heterocycles. The van der Waals surface area contributed by atoms with Crippen LogP contribution in [0.15, 0.2) is 30.3 Å². The number of ketones is 1. The van der Waals surface area contributed by atoms with Crippen LogP contribution in [0, 0.1) is 11.3 Å². The fourth-order valence-corrected chi connectivity index (χ4v) is 3.04. The lowest BCUT2D eigenvalue weighted by Gasteiger charge is -2.36. The van der Waals surface area contributed by atoms with E-state index in [1.54, 1.807) is 0 Å². The van der Waals surface area contributed by atoms with E-state index < -0.39 is 0 Å². The monoisotopic (exact) mass is 259 g/mol. The Kier molecular flexibility index (Phi) is 4.41. The van der Waals surface area contributed by atoms with Crippen LogP contribution in [0.25, 0.3) is 0 Å². The number of piperidine rings is 1. The average Bonchev–Trinajstić information content (AvgIpc) is 2.38. The predicted molar refractivity (Wildman–Crippen MR) is 79.4 cm³/mol. The molecule has 1 fully saturated rings. The number of Topliss-reactive ketones (excluding diaryl/α,β-unsaturated/α-hetero) is 1. The lowest BCUT2D eigenvalue weighted by Crippen LogP contribution is -2.43. The Bertz CT molecular complexity index is 424. The molecule has 1 saturated heterocycles. The zero-order valence-corrected chi connectivity index (χ0v) is 12.4. The van der Waals surface area contributed by atoms with Crippen molar-refractivity contribution >= 4 is 5.78 Å². The Labute approximate surface area is 116 Å². The zero-order chi connectivity index (χ0) is 13.9. The number of benzene rings is 1. The summed E-state index contributed by atoms with van der Waals surface area (Å²) in [5.74, 6) is 1.02. The molecule has 1 aromatic rings. The molecule has 1 aromatic carbocycles. The van der Waals surface area contributed by atoms with Gasteiger partial charge in [0.2, 0.25) is 0 Å². The fourth-order valence-electron chi connectivity index (χ4n) is 3.04. The molecule has 1 atom stereocenters. The lowest BCUT2D eigenvalue weighted by molar-refractivity contribution is 0.0713. The standard InChI is InChI=1S/C17H25NO/c1-14-8-7-11-18(12-14)13-17(2,3)16(19)15-9-5-4-6-10-15/h4-6,9-10,14H,7-8,11-13H2,1-3H3. The summed E-state index contributed by atoms with van der Waals surface area (Å²) in [6.07, 6.45) is 2.58. The van der Waals surface area contributed by atoms with Crippen LogP contribution in [0.4, 0.5) is 0 Å². The van der Waals surface area contributed by atoms with E-state index in [2.05, 4.69) is 25.7 Å². The van der Waals surface area contributed by atoms with Crippen LogP contribution in [-0.4, -0.2) is 30.3 Å². The Morgan fingerprint density at radius 3 is 2.63 bits per heavy atom. The van der Waals surface area contributed by atoms with E-state index in [-0.39, 0.29) is 11.2 Å². The smallest absolute Gasteiger partial charge is 0.169 e. The number of hydrogen-bond donors (Lipinski definition) is 0. The molecule has 0 amide bonds. The second-order valence-corrected chi connectivity index (χ2v) is 6.56. The Hall–Kier alpha value is -1.15. The summed E-state index contributed by atoms with van der Waals surface area (Å²) in [6.45, 7) is 9.58. The van der Waals surface area contributed by atoms with Crippen molar-refractivity contribution in [1.82, 2.24) is 4.90 Å². The Morgan fingerprint density at radius 2 is 2.00 bits per heavy atom. The topological polar surface area (TPSA) is 20.3 Å². The summed E-state index contributed by atoms with van der Waals surface area (Å²) < 4.78 is 0. The summed E-state index contributed by atoms with van der Waals surface area (Å²) in [5.41, 5.74) is 0.524. The van der Waals surface area contributed by atoms with Gasteiger partial charge in [0.1, 0.15) is 0 Å². The summed E-state index contributed by atoms with van der Waals surface area (Å²) in [5, 5.41) is 0. The van der Waals surface area contributed by atoms with Crippen LogP contribution < -0.4 is 0 Å². The quantitative estimate of drug-likeness (QED) is 0.770. The molecule has 1 aliphatic heterocycles. The maximum atomic E-state index is 12.6. The maximum Gasteiger partial charge on any atom is 0.169 e. The van der Waals surface area contributed by atoms with Gasteiger partial charge in [-0.1, -0.05) is 51.1 Å². The van der Waals surface area contributed by atoms with Crippen LogP contribution in [0.3, 0.4) is 0 Å². The molecule has 2 heteroatoms. The summed E-state index contributed by atoms with van der Waals surface area (Å²) in [4.78, 5) is 15.0.